The monoisotopic (exact) mass is 490 g/mol. The van der Waals surface area contributed by atoms with Crippen molar-refractivity contribution in [2.24, 2.45) is 0 Å². The van der Waals surface area contributed by atoms with Crippen LogP contribution in [0.5, 0.6) is 11.5 Å². The number of benzene rings is 1. The molecule has 0 unspecified atom stereocenters. The van der Waals surface area contributed by atoms with Crippen molar-refractivity contribution in [1.29, 1.82) is 0 Å². The summed E-state index contributed by atoms with van der Waals surface area (Å²) in [4.78, 5) is 30.2. The zero-order valence-corrected chi connectivity index (χ0v) is 22.3. The molecule has 1 saturated heterocycles. The van der Waals surface area contributed by atoms with E-state index >= 15 is 0 Å². The van der Waals surface area contributed by atoms with E-state index in [4.69, 9.17) is 14.2 Å². The van der Waals surface area contributed by atoms with E-state index in [9.17, 15) is 14.7 Å². The molecular formula is C27H42N2O6. The number of carbonyl (C=O) groups is 2. The van der Waals surface area contributed by atoms with Crippen LogP contribution in [0.4, 0.5) is 4.79 Å². The number of nitrogens with zero attached hydrogens (tertiary/aromatic N) is 2. The fourth-order valence-corrected chi connectivity index (χ4v) is 4.22. The highest BCUT2D eigenvalue weighted by atomic mass is 16.6. The Morgan fingerprint density at radius 1 is 1.26 bits per heavy atom. The molecule has 1 heterocycles. The molecule has 2 rings (SSSR count). The molecule has 0 aromatic heterocycles. The number of rotatable bonds is 9. The van der Waals surface area contributed by atoms with Crippen molar-refractivity contribution in [3.63, 3.8) is 0 Å². The lowest BCUT2D eigenvalue weighted by Crippen LogP contribution is -2.54. The van der Waals surface area contributed by atoms with E-state index in [2.05, 4.69) is 0 Å². The summed E-state index contributed by atoms with van der Waals surface area (Å²) in [7, 11) is 1.62. The zero-order valence-electron chi connectivity index (χ0n) is 22.3. The van der Waals surface area contributed by atoms with Crippen LogP contribution in [-0.2, 0) is 9.47 Å². The second-order valence-electron chi connectivity index (χ2n) is 10.1. The number of piperidine rings is 1. The van der Waals surface area contributed by atoms with E-state index in [1.54, 1.807) is 30.2 Å². The summed E-state index contributed by atoms with van der Waals surface area (Å²) < 4.78 is 16.4. The van der Waals surface area contributed by atoms with Gasteiger partial charge in [0.1, 0.15) is 5.60 Å². The van der Waals surface area contributed by atoms with Crippen molar-refractivity contribution in [3.8, 4) is 11.5 Å². The molecule has 1 aromatic rings. The molecule has 0 spiro atoms. The summed E-state index contributed by atoms with van der Waals surface area (Å²) in [6.45, 7) is 13.3. The van der Waals surface area contributed by atoms with Gasteiger partial charge in [0.2, 0.25) is 0 Å². The molecule has 1 fully saturated rings. The Balaban J connectivity index is 2.33. The Hall–Kier alpha value is -2.74. The standard InChI is InChI=1S/C27H42N2O6/c1-8-11-20-16-23(30)24(34-15-10-14-33-7)17-22(20)25(31)29(19(2)3)21-12-9-13-28(18-21)26(32)35-27(4,5)6/h8,11,16-17,19,21,30H,9-10,12-15,18H2,1-7H3/b11-8+/t21-/m1/s1. The maximum Gasteiger partial charge on any atom is 0.410 e. The average molecular weight is 491 g/mol. The van der Waals surface area contributed by atoms with Crippen LogP contribution in [0, 0.1) is 0 Å². The normalized spacial score (nSPS) is 16.6. The number of ether oxygens (including phenoxy) is 3. The van der Waals surface area contributed by atoms with E-state index in [0.717, 1.165) is 12.8 Å². The van der Waals surface area contributed by atoms with Crippen molar-refractivity contribution in [3.05, 3.63) is 29.3 Å². The molecular weight excluding hydrogens is 448 g/mol. The van der Waals surface area contributed by atoms with Gasteiger partial charge in [0.15, 0.2) is 11.5 Å². The highest BCUT2D eigenvalue weighted by Crippen LogP contribution is 2.33. The molecule has 1 aromatic carbocycles. The van der Waals surface area contributed by atoms with Crippen molar-refractivity contribution < 1.29 is 28.9 Å². The minimum Gasteiger partial charge on any atom is -0.504 e. The number of hydrogen-bond acceptors (Lipinski definition) is 6. The van der Waals surface area contributed by atoms with E-state index in [1.165, 1.54) is 0 Å². The van der Waals surface area contributed by atoms with E-state index in [-0.39, 0.29) is 35.6 Å². The first-order chi connectivity index (χ1) is 16.5. The Kier molecular flexibility index (Phi) is 10.4. The third-order valence-corrected chi connectivity index (χ3v) is 5.69. The van der Waals surface area contributed by atoms with Crippen molar-refractivity contribution in [2.75, 3.05) is 33.4 Å². The lowest BCUT2D eigenvalue weighted by Gasteiger charge is -2.41. The lowest BCUT2D eigenvalue weighted by molar-refractivity contribution is 0.00751. The maximum absolute atomic E-state index is 13.9. The van der Waals surface area contributed by atoms with E-state index < -0.39 is 5.60 Å². The van der Waals surface area contributed by atoms with Gasteiger partial charge in [0.25, 0.3) is 5.91 Å². The summed E-state index contributed by atoms with van der Waals surface area (Å²) in [6.07, 6.45) is 5.51. The van der Waals surface area contributed by atoms with Crippen molar-refractivity contribution in [1.82, 2.24) is 9.80 Å². The van der Waals surface area contributed by atoms with Gasteiger partial charge in [-0.1, -0.05) is 12.2 Å². The van der Waals surface area contributed by atoms with Gasteiger partial charge < -0.3 is 29.1 Å². The van der Waals surface area contributed by atoms with Gasteiger partial charge in [-0.25, -0.2) is 4.79 Å². The molecule has 35 heavy (non-hydrogen) atoms. The SMILES string of the molecule is C/C=C/c1cc(O)c(OCCCOC)cc1C(=O)N(C(C)C)[C@@H]1CCCN(C(=O)OC(C)(C)C)C1. The first-order valence-electron chi connectivity index (χ1n) is 12.4. The topological polar surface area (TPSA) is 88.5 Å². The van der Waals surface area contributed by atoms with Crippen molar-refractivity contribution in [2.45, 2.75) is 78.5 Å². The van der Waals surface area contributed by atoms with Gasteiger partial charge in [-0.05, 0) is 72.1 Å². The molecule has 1 N–H and O–H groups in total. The van der Waals surface area contributed by atoms with Crippen LogP contribution >= 0.6 is 0 Å². The van der Waals surface area contributed by atoms with E-state index in [1.807, 2.05) is 52.5 Å². The first-order valence-corrected chi connectivity index (χ1v) is 12.4. The van der Waals surface area contributed by atoms with Gasteiger partial charge in [-0.3, -0.25) is 4.79 Å². The number of methoxy groups -OCH3 is 1. The second-order valence-corrected chi connectivity index (χ2v) is 10.1. The number of aromatic hydroxyl groups is 1. The maximum atomic E-state index is 13.9. The van der Waals surface area contributed by atoms with Crippen LogP contribution in [0.25, 0.3) is 6.08 Å². The minimum atomic E-state index is -0.579. The molecule has 196 valence electrons. The Labute approximate surface area is 209 Å². The van der Waals surface area contributed by atoms with E-state index in [0.29, 0.717) is 43.9 Å². The first kappa shape index (κ1) is 28.5. The third kappa shape index (κ3) is 8.16. The van der Waals surface area contributed by atoms with Crippen LogP contribution in [0.3, 0.4) is 0 Å². The highest BCUT2D eigenvalue weighted by molar-refractivity contribution is 5.99. The van der Waals surface area contributed by atoms with Crippen LogP contribution < -0.4 is 4.74 Å². The van der Waals surface area contributed by atoms with Gasteiger partial charge in [-0.2, -0.15) is 0 Å². The highest BCUT2D eigenvalue weighted by Gasteiger charge is 2.35. The molecule has 1 aliphatic heterocycles. The molecule has 1 atom stereocenters. The molecule has 8 heteroatoms. The predicted molar refractivity (Wildman–Crippen MR) is 137 cm³/mol. The molecule has 0 aliphatic carbocycles. The quantitative estimate of drug-likeness (QED) is 0.485. The Bertz CT molecular complexity index is 890. The summed E-state index contributed by atoms with van der Waals surface area (Å²) in [6, 6.07) is 2.93. The van der Waals surface area contributed by atoms with Crippen molar-refractivity contribution >= 4 is 18.1 Å². The van der Waals surface area contributed by atoms with Crippen LogP contribution in [0.1, 0.15) is 76.7 Å². The molecule has 1 aliphatic rings. The fourth-order valence-electron chi connectivity index (χ4n) is 4.22. The summed E-state index contributed by atoms with van der Waals surface area (Å²) in [5.74, 6) is 0.0863. The number of amides is 2. The number of likely N-dealkylation sites (tertiary alicyclic amines) is 1. The summed E-state index contributed by atoms with van der Waals surface area (Å²) >= 11 is 0. The molecule has 8 nitrogen and oxygen atoms in total. The molecule has 0 radical (unpaired) electrons. The third-order valence-electron chi connectivity index (χ3n) is 5.69. The number of allylic oxidation sites excluding steroid dienone is 1. The number of phenolic OH excluding ortho intramolecular Hbond substituents is 1. The predicted octanol–water partition coefficient (Wildman–Crippen LogP) is 5.09. The lowest BCUT2D eigenvalue weighted by atomic mass is 9.98. The van der Waals surface area contributed by atoms with Crippen LogP contribution in [-0.4, -0.2) is 78.0 Å². The smallest absolute Gasteiger partial charge is 0.410 e. The summed E-state index contributed by atoms with van der Waals surface area (Å²) in [5, 5.41) is 10.5. The molecule has 0 bridgehead atoms. The number of phenols is 1. The Morgan fingerprint density at radius 2 is 1.97 bits per heavy atom. The Morgan fingerprint density at radius 3 is 2.57 bits per heavy atom. The van der Waals surface area contributed by atoms with Gasteiger partial charge in [0.05, 0.1) is 18.2 Å². The van der Waals surface area contributed by atoms with Gasteiger partial charge >= 0.3 is 6.09 Å². The zero-order chi connectivity index (χ0) is 26.2. The van der Waals surface area contributed by atoms with Crippen LogP contribution in [0.2, 0.25) is 0 Å². The second kappa shape index (κ2) is 12.8. The van der Waals surface area contributed by atoms with Crippen LogP contribution in [0.15, 0.2) is 18.2 Å². The van der Waals surface area contributed by atoms with Gasteiger partial charge in [0, 0.05) is 39.3 Å². The van der Waals surface area contributed by atoms with Gasteiger partial charge in [-0.15, -0.1) is 0 Å². The largest absolute Gasteiger partial charge is 0.504 e. The summed E-state index contributed by atoms with van der Waals surface area (Å²) in [5.41, 5.74) is 0.487. The number of carbonyl (C=O) groups excluding carboxylic acids is 2. The molecule has 2 amide bonds. The average Bonchev–Trinajstić information content (AvgIpc) is 2.77. The molecule has 0 saturated carbocycles. The number of hydrogen-bond donors (Lipinski definition) is 1. The minimum absolute atomic E-state index is 0.0167. The fraction of sp³-hybridized carbons (Fsp3) is 0.630.